The molecule has 0 amide bonds. The lowest BCUT2D eigenvalue weighted by Gasteiger charge is -2.03. The highest BCUT2D eigenvalue weighted by atomic mass is 32.2. The second-order valence-electron chi connectivity index (χ2n) is 1.70. The molecule has 0 fully saturated rings. The predicted molar refractivity (Wildman–Crippen MR) is 39.1 cm³/mol. The smallest absolute Gasteiger partial charge is 0.281 e. The molecule has 0 aliphatic rings. The first-order valence-electron chi connectivity index (χ1n) is 2.48. The first-order chi connectivity index (χ1) is 4.84. The Balaban J connectivity index is 4.34. The summed E-state index contributed by atoms with van der Waals surface area (Å²) in [4.78, 5) is 0. The van der Waals surface area contributed by atoms with Gasteiger partial charge in [-0.25, -0.2) is 0 Å². The van der Waals surface area contributed by atoms with Gasteiger partial charge in [0.05, 0.1) is 0 Å². The lowest BCUT2D eigenvalue weighted by molar-refractivity contribution is 0.467. The summed E-state index contributed by atoms with van der Waals surface area (Å²) in [6, 6.07) is 0. The van der Waals surface area contributed by atoms with Gasteiger partial charge >= 0.3 is 0 Å². The zero-order valence-corrected chi connectivity index (χ0v) is 7.18. The fourth-order valence-corrected chi connectivity index (χ4v) is 0.879. The van der Waals surface area contributed by atoms with Gasteiger partial charge in [0.1, 0.15) is 10.9 Å². The van der Waals surface area contributed by atoms with Crippen molar-refractivity contribution in [3.63, 3.8) is 0 Å². The van der Waals surface area contributed by atoms with Crippen molar-refractivity contribution < 1.29 is 21.4 Å². The molecule has 1 atom stereocenters. The molecule has 0 bridgehead atoms. The molecule has 0 aromatic rings. The molecule has 6 nitrogen and oxygen atoms in total. The van der Waals surface area contributed by atoms with Gasteiger partial charge in [-0.1, -0.05) is 0 Å². The maximum atomic E-state index is 10.2. The molecule has 0 rings (SSSR count). The fourth-order valence-electron chi connectivity index (χ4n) is 0.237. The molecule has 1 unspecified atom stereocenters. The molecular weight excluding hydrogens is 194 g/mol. The SMILES string of the molecule is CC(NC=S(=O)=O)S(=O)(=O)O. The van der Waals surface area contributed by atoms with Crippen molar-refractivity contribution in [3.8, 4) is 0 Å². The lowest BCUT2D eigenvalue weighted by Crippen LogP contribution is -2.32. The third-order valence-corrected chi connectivity index (χ3v) is 2.20. The Labute approximate surface area is 65.5 Å². The van der Waals surface area contributed by atoms with Gasteiger partial charge in [0.2, 0.25) is 10.3 Å². The Morgan fingerprint density at radius 1 is 1.55 bits per heavy atom. The molecule has 0 aliphatic heterocycles. The van der Waals surface area contributed by atoms with Gasteiger partial charge in [0, 0.05) is 0 Å². The molecule has 11 heavy (non-hydrogen) atoms. The zero-order valence-electron chi connectivity index (χ0n) is 5.55. The lowest BCUT2D eigenvalue weighted by atomic mass is 10.8. The Kier molecular flexibility index (Phi) is 3.66. The van der Waals surface area contributed by atoms with Crippen LogP contribution in [0, 0.1) is 0 Å². The zero-order chi connectivity index (χ0) is 9.07. The average Bonchev–Trinajstić information content (AvgIpc) is 1.80. The Morgan fingerprint density at radius 3 is 2.27 bits per heavy atom. The maximum absolute atomic E-state index is 10.2. The normalized spacial score (nSPS) is 14.0. The van der Waals surface area contributed by atoms with Crippen molar-refractivity contribution in [3.05, 3.63) is 0 Å². The molecule has 66 valence electrons. The van der Waals surface area contributed by atoms with Crippen LogP contribution in [0.4, 0.5) is 0 Å². The minimum absolute atomic E-state index is 0.540. The average molecular weight is 201 g/mol. The van der Waals surface area contributed by atoms with E-state index in [0.717, 1.165) is 6.92 Å². The van der Waals surface area contributed by atoms with Crippen LogP contribution in [0.2, 0.25) is 0 Å². The number of nitrogens with one attached hydrogen (secondary N) is 1. The van der Waals surface area contributed by atoms with Crippen molar-refractivity contribution in [1.82, 2.24) is 5.32 Å². The van der Waals surface area contributed by atoms with Gasteiger partial charge in [-0.3, -0.25) is 9.87 Å². The van der Waals surface area contributed by atoms with Crippen LogP contribution < -0.4 is 5.32 Å². The standard InChI is InChI=1S/C3H7NO5S2/c1-3(11(7,8)9)4-2-10(5)6/h2-4H,1H3,(H,7,8,9). The van der Waals surface area contributed by atoms with Crippen molar-refractivity contribution in [2.75, 3.05) is 0 Å². The van der Waals surface area contributed by atoms with Crippen LogP contribution in [0.1, 0.15) is 6.92 Å². The molecule has 0 heterocycles. The van der Waals surface area contributed by atoms with Crippen LogP contribution in [-0.4, -0.2) is 32.3 Å². The van der Waals surface area contributed by atoms with E-state index in [1.807, 2.05) is 5.32 Å². The Bertz CT molecular complexity index is 330. The largest absolute Gasteiger partial charge is 0.284 e. The van der Waals surface area contributed by atoms with Crippen molar-refractivity contribution in [2.45, 2.75) is 12.3 Å². The van der Waals surface area contributed by atoms with Gasteiger partial charge in [-0.2, -0.15) is 16.8 Å². The van der Waals surface area contributed by atoms with Gasteiger partial charge < -0.3 is 0 Å². The van der Waals surface area contributed by atoms with Crippen LogP contribution >= 0.6 is 0 Å². The van der Waals surface area contributed by atoms with E-state index in [2.05, 4.69) is 0 Å². The molecule has 0 radical (unpaired) electrons. The fraction of sp³-hybridized carbons (Fsp3) is 0.667. The molecule has 0 aliphatic carbocycles. The van der Waals surface area contributed by atoms with Crippen LogP contribution in [0.3, 0.4) is 0 Å². The van der Waals surface area contributed by atoms with E-state index in [9.17, 15) is 16.8 Å². The summed E-state index contributed by atoms with van der Waals surface area (Å²) >= 11 is 0. The highest BCUT2D eigenvalue weighted by Crippen LogP contribution is 1.89. The van der Waals surface area contributed by atoms with Gasteiger partial charge in [0.15, 0.2) is 0 Å². The first-order valence-corrected chi connectivity index (χ1v) is 5.12. The summed E-state index contributed by atoms with van der Waals surface area (Å²) in [5.41, 5.74) is 0.540. The van der Waals surface area contributed by atoms with E-state index in [-0.39, 0.29) is 0 Å². The van der Waals surface area contributed by atoms with E-state index in [0.29, 0.717) is 5.49 Å². The minimum atomic E-state index is -4.21. The molecule has 2 N–H and O–H groups in total. The molecule has 0 aromatic heterocycles. The summed E-state index contributed by atoms with van der Waals surface area (Å²) in [5, 5.41) is 0.627. The van der Waals surface area contributed by atoms with Crippen LogP contribution in [-0.2, 0) is 20.4 Å². The van der Waals surface area contributed by atoms with Crippen molar-refractivity contribution >= 4 is 25.9 Å². The van der Waals surface area contributed by atoms with Crippen molar-refractivity contribution in [2.24, 2.45) is 0 Å². The summed E-state index contributed by atoms with van der Waals surface area (Å²) < 4.78 is 48.4. The predicted octanol–water partition coefficient (Wildman–Crippen LogP) is -1.55. The highest BCUT2D eigenvalue weighted by Gasteiger charge is 2.14. The van der Waals surface area contributed by atoms with Crippen LogP contribution in [0.5, 0.6) is 0 Å². The van der Waals surface area contributed by atoms with E-state index in [1.54, 1.807) is 0 Å². The van der Waals surface area contributed by atoms with Crippen molar-refractivity contribution in [1.29, 1.82) is 0 Å². The maximum Gasteiger partial charge on any atom is 0.281 e. The van der Waals surface area contributed by atoms with Gasteiger partial charge in [-0.15, -0.1) is 0 Å². The highest BCUT2D eigenvalue weighted by molar-refractivity contribution is 7.86. The quantitative estimate of drug-likeness (QED) is 0.423. The second-order valence-corrected chi connectivity index (χ2v) is 4.20. The third kappa shape index (κ3) is 4.90. The second kappa shape index (κ2) is 3.81. The molecule has 8 heteroatoms. The Hall–Kier alpha value is -0.440. The van der Waals surface area contributed by atoms with Gasteiger partial charge in [-0.05, 0) is 6.92 Å². The van der Waals surface area contributed by atoms with E-state index in [1.165, 1.54) is 0 Å². The number of rotatable bonds is 3. The van der Waals surface area contributed by atoms with Crippen LogP contribution in [0.15, 0.2) is 0 Å². The van der Waals surface area contributed by atoms with E-state index < -0.39 is 25.8 Å². The van der Waals surface area contributed by atoms with Crippen LogP contribution in [0.25, 0.3) is 0 Å². The number of hydrogen-bond acceptors (Lipinski definition) is 4. The molecule has 0 saturated carbocycles. The van der Waals surface area contributed by atoms with E-state index in [4.69, 9.17) is 4.55 Å². The summed E-state index contributed by atoms with van der Waals surface area (Å²) in [7, 11) is -6.70. The third-order valence-electron chi connectivity index (χ3n) is 0.846. The molecular formula is C3H7NO5S2. The monoisotopic (exact) mass is 201 g/mol. The minimum Gasteiger partial charge on any atom is -0.284 e. The summed E-state index contributed by atoms with van der Waals surface area (Å²) in [6.07, 6.45) is 0. The topological polar surface area (TPSA) is 101 Å². The Morgan fingerprint density at radius 2 is 2.00 bits per heavy atom. The summed E-state index contributed by atoms with van der Waals surface area (Å²) in [5.74, 6) is 0. The first kappa shape index (κ1) is 10.6. The molecule has 0 saturated heterocycles. The molecule has 0 aromatic carbocycles. The molecule has 0 spiro atoms. The van der Waals surface area contributed by atoms with E-state index >= 15 is 0 Å². The number of hydrogen-bond donors (Lipinski definition) is 2. The summed E-state index contributed by atoms with van der Waals surface area (Å²) in [6.45, 7) is 1.11. The van der Waals surface area contributed by atoms with Gasteiger partial charge in [0.25, 0.3) is 10.1 Å².